The fourth-order valence-corrected chi connectivity index (χ4v) is 2.70. The van der Waals surface area contributed by atoms with Crippen molar-refractivity contribution < 1.29 is 0 Å². The molecule has 2 rings (SSSR count). The molecule has 1 aromatic heterocycles. The van der Waals surface area contributed by atoms with Gasteiger partial charge in [-0.15, -0.1) is 5.10 Å². The Balaban J connectivity index is 1.54. The Morgan fingerprint density at radius 1 is 1.35 bits per heavy atom. The second-order valence-electron chi connectivity index (χ2n) is 5.17. The van der Waals surface area contributed by atoms with Crippen molar-refractivity contribution in [2.75, 3.05) is 6.54 Å². The van der Waals surface area contributed by atoms with E-state index in [0.29, 0.717) is 0 Å². The minimum atomic E-state index is 0.762. The van der Waals surface area contributed by atoms with Gasteiger partial charge in [0.1, 0.15) is 0 Å². The molecule has 1 heterocycles. The van der Waals surface area contributed by atoms with Crippen LogP contribution < -0.4 is 5.32 Å². The number of aryl methyl sites for hydroxylation is 1. The first-order valence-corrected chi connectivity index (χ1v) is 6.96. The number of nitrogens with one attached hydrogen (secondary N) is 2. The highest BCUT2D eigenvalue weighted by atomic mass is 15.3. The molecule has 0 saturated heterocycles. The number of aromatic amines is 1. The minimum Gasteiger partial charge on any atom is -0.314 e. The quantitative estimate of drug-likeness (QED) is 0.745. The van der Waals surface area contributed by atoms with Crippen LogP contribution in [0.25, 0.3) is 0 Å². The van der Waals surface area contributed by atoms with Crippen molar-refractivity contribution in [3.8, 4) is 0 Å². The molecule has 17 heavy (non-hydrogen) atoms. The van der Waals surface area contributed by atoms with E-state index < -0.39 is 0 Å². The fraction of sp³-hybridized carbons (Fsp3) is 0.846. The van der Waals surface area contributed by atoms with Gasteiger partial charge in [-0.2, -0.15) is 0 Å². The molecule has 1 fully saturated rings. The molecule has 0 radical (unpaired) electrons. The van der Waals surface area contributed by atoms with Gasteiger partial charge in [-0.25, -0.2) is 0 Å². The summed E-state index contributed by atoms with van der Waals surface area (Å²) < 4.78 is 0. The molecule has 1 aliphatic rings. The van der Waals surface area contributed by atoms with E-state index >= 15 is 0 Å². The van der Waals surface area contributed by atoms with Gasteiger partial charge in [0, 0.05) is 6.04 Å². The Morgan fingerprint density at radius 2 is 2.18 bits per heavy atom. The van der Waals surface area contributed by atoms with Gasteiger partial charge in [0.05, 0.1) is 11.9 Å². The van der Waals surface area contributed by atoms with Gasteiger partial charge in [0.15, 0.2) is 0 Å². The number of aromatic nitrogens is 3. The van der Waals surface area contributed by atoms with Crippen molar-refractivity contribution in [1.29, 1.82) is 0 Å². The van der Waals surface area contributed by atoms with E-state index in [9.17, 15) is 0 Å². The largest absolute Gasteiger partial charge is 0.314 e. The molecule has 1 saturated carbocycles. The third-order valence-corrected chi connectivity index (χ3v) is 3.94. The highest BCUT2D eigenvalue weighted by Crippen LogP contribution is 2.26. The molecule has 4 nitrogen and oxygen atoms in total. The molecular formula is C13H24N4. The number of hydrogen-bond acceptors (Lipinski definition) is 3. The molecule has 1 aliphatic carbocycles. The van der Waals surface area contributed by atoms with Crippen LogP contribution in [0.4, 0.5) is 0 Å². The number of nitrogens with zero attached hydrogens (tertiary/aromatic N) is 2. The Bertz CT molecular complexity index is 288. The zero-order valence-corrected chi connectivity index (χ0v) is 10.8. The molecule has 0 aliphatic heterocycles. The first kappa shape index (κ1) is 12.6. The third-order valence-electron chi connectivity index (χ3n) is 3.94. The van der Waals surface area contributed by atoms with Crippen LogP contribution in [0.2, 0.25) is 0 Å². The second kappa shape index (κ2) is 6.74. The van der Waals surface area contributed by atoms with Crippen LogP contribution in [0.15, 0.2) is 6.20 Å². The normalized spacial score (nSPS) is 25.0. The molecule has 96 valence electrons. The van der Waals surface area contributed by atoms with E-state index in [1.807, 2.05) is 6.20 Å². The van der Waals surface area contributed by atoms with E-state index in [4.69, 9.17) is 0 Å². The van der Waals surface area contributed by atoms with Gasteiger partial charge >= 0.3 is 0 Å². The molecule has 0 spiro atoms. The third kappa shape index (κ3) is 4.11. The van der Waals surface area contributed by atoms with Crippen LogP contribution in [-0.4, -0.2) is 28.0 Å². The van der Waals surface area contributed by atoms with Crippen LogP contribution in [0.3, 0.4) is 0 Å². The van der Waals surface area contributed by atoms with E-state index in [-0.39, 0.29) is 0 Å². The maximum atomic E-state index is 3.78. The average Bonchev–Trinajstić information content (AvgIpc) is 2.88. The predicted octanol–water partition coefficient (Wildman–Crippen LogP) is 2.30. The molecular weight excluding hydrogens is 212 g/mol. The van der Waals surface area contributed by atoms with Gasteiger partial charge < -0.3 is 5.32 Å². The van der Waals surface area contributed by atoms with Crippen molar-refractivity contribution in [3.63, 3.8) is 0 Å². The Morgan fingerprint density at radius 3 is 2.82 bits per heavy atom. The Labute approximate surface area is 104 Å². The molecule has 0 bridgehead atoms. The van der Waals surface area contributed by atoms with Crippen LogP contribution >= 0.6 is 0 Å². The van der Waals surface area contributed by atoms with E-state index in [1.165, 1.54) is 32.1 Å². The van der Waals surface area contributed by atoms with E-state index in [1.54, 1.807) is 0 Å². The molecule has 4 heteroatoms. The molecule has 1 aromatic rings. The predicted molar refractivity (Wildman–Crippen MR) is 68.7 cm³/mol. The zero-order chi connectivity index (χ0) is 11.9. The van der Waals surface area contributed by atoms with E-state index in [2.05, 4.69) is 27.7 Å². The van der Waals surface area contributed by atoms with Gasteiger partial charge in [0.25, 0.3) is 0 Å². The molecule has 0 aromatic carbocycles. The van der Waals surface area contributed by atoms with Crippen LogP contribution in [0.1, 0.15) is 51.1 Å². The maximum absolute atomic E-state index is 3.78. The van der Waals surface area contributed by atoms with Crippen LogP contribution in [0, 0.1) is 5.92 Å². The lowest BCUT2D eigenvalue weighted by Gasteiger charge is -2.28. The van der Waals surface area contributed by atoms with E-state index in [0.717, 1.165) is 37.0 Å². The number of H-pyrrole nitrogens is 1. The summed E-state index contributed by atoms with van der Waals surface area (Å²) in [6.07, 6.45) is 10.9. The lowest BCUT2D eigenvalue weighted by Crippen LogP contribution is -2.33. The molecule has 0 unspecified atom stereocenters. The zero-order valence-electron chi connectivity index (χ0n) is 10.8. The summed E-state index contributed by atoms with van der Waals surface area (Å²) in [6.45, 7) is 3.43. The van der Waals surface area contributed by atoms with Crippen molar-refractivity contribution >= 4 is 0 Å². The number of rotatable bonds is 6. The first-order chi connectivity index (χ1) is 8.38. The van der Waals surface area contributed by atoms with Crippen molar-refractivity contribution in [2.45, 2.75) is 57.9 Å². The van der Waals surface area contributed by atoms with Gasteiger partial charge in [-0.3, -0.25) is 5.10 Å². The van der Waals surface area contributed by atoms with Gasteiger partial charge in [0.2, 0.25) is 0 Å². The molecule has 0 atom stereocenters. The summed E-state index contributed by atoms with van der Waals surface area (Å²) >= 11 is 0. The minimum absolute atomic E-state index is 0.762. The maximum Gasteiger partial charge on any atom is 0.0722 e. The summed E-state index contributed by atoms with van der Waals surface area (Å²) in [6, 6.07) is 0.762. The Hall–Kier alpha value is -0.900. The summed E-state index contributed by atoms with van der Waals surface area (Å²) in [7, 11) is 0. The summed E-state index contributed by atoms with van der Waals surface area (Å²) in [5.41, 5.74) is 1.14. The SMILES string of the molecule is CCC1CCC(NCCCc2cnn[nH]2)CC1. The van der Waals surface area contributed by atoms with Crippen LogP contribution in [0.5, 0.6) is 0 Å². The molecule has 0 amide bonds. The standard InChI is InChI=1S/C13H24N4/c1-2-11-5-7-12(8-6-11)14-9-3-4-13-10-15-17-16-13/h10-12,14H,2-9H2,1H3,(H,15,16,17). The fourth-order valence-electron chi connectivity index (χ4n) is 2.70. The Kier molecular flexibility index (Phi) is 4.98. The van der Waals surface area contributed by atoms with Gasteiger partial charge in [-0.05, 0) is 51.0 Å². The van der Waals surface area contributed by atoms with Crippen molar-refractivity contribution in [1.82, 2.24) is 20.7 Å². The van der Waals surface area contributed by atoms with Crippen molar-refractivity contribution in [3.05, 3.63) is 11.9 Å². The smallest absolute Gasteiger partial charge is 0.0722 e. The molecule has 2 N–H and O–H groups in total. The average molecular weight is 236 g/mol. The summed E-state index contributed by atoms with van der Waals surface area (Å²) in [5.74, 6) is 0.990. The highest BCUT2D eigenvalue weighted by molar-refractivity contribution is 4.90. The lowest BCUT2D eigenvalue weighted by molar-refractivity contribution is 0.286. The monoisotopic (exact) mass is 236 g/mol. The van der Waals surface area contributed by atoms with Gasteiger partial charge in [-0.1, -0.05) is 18.6 Å². The summed E-state index contributed by atoms with van der Waals surface area (Å²) in [4.78, 5) is 0. The highest BCUT2D eigenvalue weighted by Gasteiger charge is 2.18. The lowest BCUT2D eigenvalue weighted by atomic mass is 9.84. The first-order valence-electron chi connectivity index (χ1n) is 6.96. The van der Waals surface area contributed by atoms with Crippen molar-refractivity contribution in [2.24, 2.45) is 5.92 Å². The van der Waals surface area contributed by atoms with Crippen LogP contribution in [-0.2, 0) is 6.42 Å². The second-order valence-corrected chi connectivity index (χ2v) is 5.17. The number of hydrogen-bond donors (Lipinski definition) is 2. The summed E-state index contributed by atoms with van der Waals surface area (Å²) in [5, 5.41) is 14.1. The topological polar surface area (TPSA) is 53.6 Å².